The average molecular weight is 436 g/mol. The highest BCUT2D eigenvalue weighted by molar-refractivity contribution is 5.93. The molecule has 0 saturated carbocycles. The summed E-state index contributed by atoms with van der Waals surface area (Å²) in [6.45, 7) is 6.26. The van der Waals surface area contributed by atoms with Gasteiger partial charge in [0.15, 0.2) is 5.82 Å². The maximum absolute atomic E-state index is 12.2. The summed E-state index contributed by atoms with van der Waals surface area (Å²) >= 11 is 0. The number of carbonyl (C=O) groups is 2. The molecule has 1 amide bonds. The Labute approximate surface area is 187 Å². The average Bonchev–Trinajstić information content (AvgIpc) is 3.38. The van der Waals surface area contributed by atoms with Crippen LogP contribution in [0.2, 0.25) is 0 Å². The molecule has 1 saturated heterocycles. The Hall–Kier alpha value is -3.42. The number of aromatic nitrogens is 3. The second-order valence-corrected chi connectivity index (χ2v) is 9.13. The third-order valence-corrected chi connectivity index (χ3v) is 5.43. The summed E-state index contributed by atoms with van der Waals surface area (Å²) in [5.74, 6) is 0.663. The van der Waals surface area contributed by atoms with Crippen molar-refractivity contribution in [1.82, 2.24) is 15.0 Å². The van der Waals surface area contributed by atoms with Crippen LogP contribution in [0, 0.1) is 0 Å². The zero-order chi connectivity index (χ0) is 22.9. The van der Waals surface area contributed by atoms with E-state index in [1.165, 1.54) is 0 Å². The lowest BCUT2D eigenvalue weighted by molar-refractivity contribution is -0.154. The molecule has 0 aliphatic carbocycles. The molecule has 0 unspecified atom stereocenters. The van der Waals surface area contributed by atoms with Gasteiger partial charge in [-0.15, -0.1) is 0 Å². The van der Waals surface area contributed by atoms with Gasteiger partial charge >= 0.3 is 5.97 Å². The Morgan fingerprint density at radius 3 is 2.66 bits per heavy atom. The largest absolute Gasteiger partial charge is 0.460 e. The summed E-state index contributed by atoms with van der Waals surface area (Å²) in [5, 5.41) is 0.817. The summed E-state index contributed by atoms with van der Waals surface area (Å²) in [5.41, 5.74) is 7.58. The van der Waals surface area contributed by atoms with Gasteiger partial charge in [0, 0.05) is 17.8 Å². The molecule has 1 aromatic carbocycles. The van der Waals surface area contributed by atoms with E-state index in [0.29, 0.717) is 36.7 Å². The molecule has 0 spiro atoms. The van der Waals surface area contributed by atoms with Crippen molar-refractivity contribution in [1.29, 1.82) is 0 Å². The highest BCUT2D eigenvalue weighted by atomic mass is 16.6. The summed E-state index contributed by atoms with van der Waals surface area (Å²) in [6.07, 6.45) is 2.32. The van der Waals surface area contributed by atoms with Crippen LogP contribution in [0.1, 0.15) is 45.7 Å². The van der Waals surface area contributed by atoms with E-state index in [9.17, 15) is 9.59 Å². The van der Waals surface area contributed by atoms with Gasteiger partial charge in [0.25, 0.3) is 0 Å². The zero-order valence-corrected chi connectivity index (χ0v) is 18.7. The molecule has 8 nitrogen and oxygen atoms in total. The lowest BCUT2D eigenvalue weighted by atomic mass is 10.1. The molecule has 1 aliphatic rings. The number of rotatable bonds is 6. The van der Waals surface area contributed by atoms with E-state index in [-0.39, 0.29) is 18.3 Å². The Bertz CT molecular complexity index is 1130. The monoisotopic (exact) mass is 435 g/mol. The number of hydrogen-bond donors (Lipinski definition) is 2. The molecule has 1 atom stereocenters. The van der Waals surface area contributed by atoms with Crippen LogP contribution in [0.25, 0.3) is 22.4 Å². The summed E-state index contributed by atoms with van der Waals surface area (Å²) in [6, 6.07) is 11.3. The van der Waals surface area contributed by atoms with Crippen LogP contribution in [0.5, 0.6) is 0 Å². The summed E-state index contributed by atoms with van der Waals surface area (Å²) in [7, 11) is 0. The van der Waals surface area contributed by atoms with Gasteiger partial charge in [0.1, 0.15) is 23.1 Å². The molecular formula is C24H29N5O3. The van der Waals surface area contributed by atoms with Crippen molar-refractivity contribution in [3.05, 3.63) is 42.1 Å². The lowest BCUT2D eigenvalue weighted by Crippen LogP contribution is -2.40. The van der Waals surface area contributed by atoms with E-state index in [4.69, 9.17) is 20.4 Å². The smallest absolute Gasteiger partial charge is 0.306 e. The molecule has 8 heteroatoms. The number of benzene rings is 1. The van der Waals surface area contributed by atoms with Crippen LogP contribution >= 0.6 is 0 Å². The fraction of sp³-hybridized carbons (Fsp3) is 0.417. The van der Waals surface area contributed by atoms with Gasteiger partial charge in [-0.1, -0.05) is 30.3 Å². The molecule has 1 aliphatic heterocycles. The molecule has 32 heavy (non-hydrogen) atoms. The molecule has 3 heterocycles. The Morgan fingerprint density at radius 1 is 1.22 bits per heavy atom. The Balaban J connectivity index is 1.71. The third kappa shape index (κ3) is 4.74. The Kier molecular flexibility index (Phi) is 5.86. The number of nitrogens with zero attached hydrogens (tertiary/aromatic N) is 3. The first-order valence-corrected chi connectivity index (χ1v) is 10.9. The first kappa shape index (κ1) is 21.8. The second-order valence-electron chi connectivity index (χ2n) is 9.13. The van der Waals surface area contributed by atoms with Gasteiger partial charge < -0.3 is 20.4 Å². The van der Waals surface area contributed by atoms with E-state index in [1.54, 1.807) is 0 Å². The van der Waals surface area contributed by atoms with Crippen molar-refractivity contribution < 1.29 is 14.3 Å². The quantitative estimate of drug-likeness (QED) is 0.574. The number of H-pyrrole nitrogens is 1. The number of primary amides is 1. The molecule has 0 radical (unpaired) electrons. The van der Waals surface area contributed by atoms with Gasteiger partial charge in [-0.25, -0.2) is 9.97 Å². The fourth-order valence-corrected chi connectivity index (χ4v) is 4.06. The predicted octanol–water partition coefficient (Wildman–Crippen LogP) is 3.35. The van der Waals surface area contributed by atoms with Gasteiger partial charge in [-0.05, 0) is 46.1 Å². The van der Waals surface area contributed by atoms with Crippen molar-refractivity contribution in [3.8, 4) is 11.4 Å². The number of nitrogens with two attached hydrogens (primary N) is 1. The van der Waals surface area contributed by atoms with Crippen LogP contribution in [0.4, 0.5) is 5.82 Å². The predicted molar refractivity (Wildman–Crippen MR) is 123 cm³/mol. The summed E-state index contributed by atoms with van der Waals surface area (Å²) < 4.78 is 5.42. The second kappa shape index (κ2) is 8.61. The van der Waals surface area contributed by atoms with Crippen LogP contribution < -0.4 is 10.6 Å². The highest BCUT2D eigenvalue weighted by Crippen LogP contribution is 2.33. The van der Waals surface area contributed by atoms with E-state index in [2.05, 4.69) is 4.98 Å². The van der Waals surface area contributed by atoms with Crippen LogP contribution in [0.3, 0.4) is 0 Å². The maximum Gasteiger partial charge on any atom is 0.306 e. The number of carbonyl (C=O) groups excluding carboxylic acids is 2. The van der Waals surface area contributed by atoms with Crippen molar-refractivity contribution in [2.75, 3.05) is 11.4 Å². The van der Waals surface area contributed by atoms with Gasteiger partial charge in [-0.2, -0.15) is 0 Å². The van der Waals surface area contributed by atoms with E-state index < -0.39 is 11.6 Å². The number of aromatic amines is 1. The number of esters is 1. The molecular weight excluding hydrogens is 406 g/mol. The van der Waals surface area contributed by atoms with Crippen molar-refractivity contribution in [2.24, 2.45) is 5.73 Å². The van der Waals surface area contributed by atoms with E-state index in [0.717, 1.165) is 23.1 Å². The zero-order valence-electron chi connectivity index (χ0n) is 18.7. The highest BCUT2D eigenvalue weighted by Gasteiger charge is 2.32. The van der Waals surface area contributed by atoms with Gasteiger partial charge in [0.2, 0.25) is 5.91 Å². The molecule has 3 aromatic rings. The molecule has 3 N–H and O–H groups in total. The number of ether oxygens (including phenoxy) is 1. The maximum atomic E-state index is 12.2. The van der Waals surface area contributed by atoms with Gasteiger partial charge in [0.05, 0.1) is 11.8 Å². The van der Waals surface area contributed by atoms with Crippen molar-refractivity contribution in [3.63, 3.8) is 0 Å². The van der Waals surface area contributed by atoms with E-state index in [1.807, 2.05) is 62.1 Å². The Morgan fingerprint density at radius 2 is 1.97 bits per heavy atom. The standard InChI is InChI=1S/C24H29N5O3/c1-24(2,3)32-19(30)12-11-16-14-17-22(26-16)27-21(15-8-5-4-6-9-15)28-23(17)29-13-7-10-18(29)20(25)31/h4-6,8-9,14,18H,7,10-13H2,1-3H3,(H2,25,31)(H,26,27,28)/t18-/m0/s1. The lowest BCUT2D eigenvalue weighted by Gasteiger charge is -2.24. The number of fused-ring (bicyclic) bond motifs is 1. The third-order valence-electron chi connectivity index (χ3n) is 5.43. The number of hydrogen-bond acceptors (Lipinski definition) is 6. The van der Waals surface area contributed by atoms with Gasteiger partial charge in [-0.3, -0.25) is 9.59 Å². The van der Waals surface area contributed by atoms with Crippen LogP contribution in [-0.4, -0.2) is 45.0 Å². The van der Waals surface area contributed by atoms with Crippen LogP contribution in [0.15, 0.2) is 36.4 Å². The molecule has 1 fully saturated rings. The molecule has 168 valence electrons. The molecule has 0 bridgehead atoms. The minimum atomic E-state index is -0.514. The first-order valence-electron chi connectivity index (χ1n) is 10.9. The normalized spacial score (nSPS) is 16.5. The number of amides is 1. The van der Waals surface area contributed by atoms with Crippen molar-refractivity contribution >= 4 is 28.7 Å². The van der Waals surface area contributed by atoms with Crippen LogP contribution in [-0.2, 0) is 20.7 Å². The number of aryl methyl sites for hydroxylation is 1. The summed E-state index contributed by atoms with van der Waals surface area (Å²) in [4.78, 5) is 39.1. The fourth-order valence-electron chi connectivity index (χ4n) is 4.06. The molecule has 4 rings (SSSR count). The van der Waals surface area contributed by atoms with E-state index >= 15 is 0 Å². The SMILES string of the molecule is CC(C)(C)OC(=O)CCc1cc2c(N3CCC[C@H]3C(N)=O)nc(-c3ccccc3)nc2[nH]1. The minimum Gasteiger partial charge on any atom is -0.460 e. The topological polar surface area (TPSA) is 114 Å². The van der Waals surface area contributed by atoms with Crippen molar-refractivity contribution in [2.45, 2.75) is 58.1 Å². The molecule has 2 aromatic heterocycles. The first-order chi connectivity index (χ1) is 15.2. The number of anilines is 1. The minimum absolute atomic E-state index is 0.249. The number of nitrogens with one attached hydrogen (secondary N) is 1.